The maximum atomic E-state index is 8.18. The molecule has 0 atom stereocenters. The summed E-state index contributed by atoms with van der Waals surface area (Å²) in [6.45, 7) is 5.16. The van der Waals surface area contributed by atoms with Gasteiger partial charge in [-0.15, -0.1) is 13.1 Å². The fraction of sp³-hybridized carbons (Fsp3) is 0.600. The summed E-state index contributed by atoms with van der Waals surface area (Å²) in [6.07, 6.45) is 1.74. The predicted octanol–water partition coefficient (Wildman–Crippen LogP) is -0.396. The Morgan fingerprint density at radius 1 is 1.62 bits per heavy atom. The molecular weight excluding hydrogens is 179 g/mol. The normalized spacial score (nSPS) is 8.25. The molecule has 0 heterocycles. The summed E-state index contributed by atoms with van der Waals surface area (Å²) in [5.74, 6) is 0. The molecule has 1 radical (unpaired) electrons. The molecule has 0 unspecified atom stereocenters. The fourth-order valence-electron chi connectivity index (χ4n) is 0.269. The first-order chi connectivity index (χ1) is 3.41. The first kappa shape index (κ1) is 11.8. The average molecular weight is 190 g/mol. The molecular formula is C5H11NOY-2. The van der Waals surface area contributed by atoms with E-state index in [2.05, 4.69) is 12.2 Å². The molecule has 3 heteroatoms. The van der Waals surface area contributed by atoms with E-state index < -0.39 is 0 Å². The first-order valence-corrected chi connectivity index (χ1v) is 2.34. The van der Waals surface area contributed by atoms with Crippen molar-refractivity contribution in [1.82, 2.24) is 5.32 Å². The third kappa shape index (κ3) is 10.1. The van der Waals surface area contributed by atoms with Crippen LogP contribution in [-0.2, 0) is 32.7 Å². The van der Waals surface area contributed by atoms with Crippen LogP contribution in [0, 0.1) is 13.3 Å². The van der Waals surface area contributed by atoms with Gasteiger partial charge in [-0.3, -0.25) is 6.42 Å². The summed E-state index contributed by atoms with van der Waals surface area (Å²) >= 11 is 0. The Balaban J connectivity index is 0. The summed E-state index contributed by atoms with van der Waals surface area (Å²) < 4.78 is 0. The zero-order valence-corrected chi connectivity index (χ0v) is 7.77. The van der Waals surface area contributed by atoms with E-state index in [9.17, 15) is 0 Å². The van der Waals surface area contributed by atoms with Crippen molar-refractivity contribution in [3.8, 4) is 0 Å². The smallest absolute Gasteiger partial charge is 0 e. The molecule has 2 N–H and O–H groups in total. The van der Waals surface area contributed by atoms with Gasteiger partial charge < -0.3 is 17.3 Å². The molecule has 0 fully saturated rings. The predicted molar refractivity (Wildman–Crippen MR) is 29.6 cm³/mol. The number of aliphatic hydroxyl groups is 1. The summed E-state index contributed by atoms with van der Waals surface area (Å²) in [5, 5.41) is 11.1. The minimum atomic E-state index is 0. The third-order valence-electron chi connectivity index (χ3n) is 0.595. The third-order valence-corrected chi connectivity index (χ3v) is 0.595. The van der Waals surface area contributed by atoms with E-state index in [1.165, 1.54) is 0 Å². The summed E-state index contributed by atoms with van der Waals surface area (Å²) in [6, 6.07) is 0. The monoisotopic (exact) mass is 190 g/mol. The Kier molecular flexibility index (Phi) is 16.1. The van der Waals surface area contributed by atoms with E-state index in [4.69, 9.17) is 5.11 Å². The topological polar surface area (TPSA) is 32.3 Å². The van der Waals surface area contributed by atoms with Crippen LogP contribution >= 0.6 is 0 Å². The van der Waals surface area contributed by atoms with Crippen molar-refractivity contribution < 1.29 is 37.8 Å². The van der Waals surface area contributed by atoms with Gasteiger partial charge in [-0.25, -0.2) is 0 Å². The minimum absolute atomic E-state index is 0. The number of nitrogens with one attached hydrogen (secondary N) is 1. The van der Waals surface area contributed by atoms with Crippen molar-refractivity contribution in [1.29, 1.82) is 0 Å². The average Bonchev–Trinajstić information content (AvgIpc) is 1.69. The van der Waals surface area contributed by atoms with E-state index in [1.807, 2.05) is 0 Å². The molecule has 0 aromatic rings. The quantitative estimate of drug-likeness (QED) is 0.467. The number of hydrogen-bond acceptors (Lipinski definition) is 2. The summed E-state index contributed by atoms with van der Waals surface area (Å²) in [7, 11) is 0. The zero-order valence-electron chi connectivity index (χ0n) is 4.93. The molecule has 0 bridgehead atoms. The van der Waals surface area contributed by atoms with Crippen LogP contribution in [0.2, 0.25) is 0 Å². The Morgan fingerprint density at radius 2 is 2.25 bits per heavy atom. The largest absolute Gasteiger partial charge is 0.428 e. The molecule has 0 saturated carbocycles. The van der Waals surface area contributed by atoms with Crippen molar-refractivity contribution in [2.45, 2.75) is 0 Å². The van der Waals surface area contributed by atoms with Gasteiger partial charge in [0, 0.05) is 32.7 Å². The van der Waals surface area contributed by atoms with Crippen molar-refractivity contribution in [2.75, 3.05) is 19.7 Å². The zero-order chi connectivity index (χ0) is 5.54. The molecule has 0 spiro atoms. The molecule has 0 rings (SSSR count). The molecule has 0 aliphatic carbocycles. The molecule has 8 heavy (non-hydrogen) atoms. The van der Waals surface area contributed by atoms with Crippen LogP contribution in [0.1, 0.15) is 0 Å². The van der Waals surface area contributed by atoms with Gasteiger partial charge in [-0.05, 0) is 0 Å². The van der Waals surface area contributed by atoms with Crippen LogP contribution in [0.3, 0.4) is 0 Å². The Labute approximate surface area is 75.9 Å². The van der Waals surface area contributed by atoms with Gasteiger partial charge in [0.15, 0.2) is 0 Å². The van der Waals surface area contributed by atoms with E-state index in [1.54, 1.807) is 6.42 Å². The van der Waals surface area contributed by atoms with E-state index in [0.29, 0.717) is 0 Å². The van der Waals surface area contributed by atoms with Crippen LogP contribution in [-0.4, -0.2) is 24.8 Å². The first-order valence-electron chi connectivity index (χ1n) is 2.34. The molecule has 0 aromatic heterocycles. The van der Waals surface area contributed by atoms with Crippen LogP contribution in [0.15, 0.2) is 0 Å². The summed E-state index contributed by atoms with van der Waals surface area (Å²) in [5.41, 5.74) is 0. The van der Waals surface area contributed by atoms with Gasteiger partial charge in [-0.1, -0.05) is 6.61 Å². The molecule has 0 saturated heterocycles. The Hall–Kier alpha value is 1.02. The summed E-state index contributed by atoms with van der Waals surface area (Å²) in [4.78, 5) is 0. The minimum Gasteiger partial charge on any atom is -0.428 e. The maximum absolute atomic E-state index is 8.18. The van der Waals surface area contributed by atoms with Crippen molar-refractivity contribution in [3.63, 3.8) is 0 Å². The second-order valence-electron chi connectivity index (χ2n) is 1.18. The molecule has 0 aromatic carbocycles. The van der Waals surface area contributed by atoms with Gasteiger partial charge in [0.1, 0.15) is 0 Å². The SMILES string of the molecule is [CH2-]CNC[CH-]CO.[Y]. The van der Waals surface area contributed by atoms with Crippen LogP contribution in [0.4, 0.5) is 0 Å². The van der Waals surface area contributed by atoms with Gasteiger partial charge in [0.25, 0.3) is 0 Å². The molecule has 47 valence electrons. The Bertz CT molecular complexity index is 31.6. The van der Waals surface area contributed by atoms with E-state index in [-0.39, 0.29) is 39.3 Å². The van der Waals surface area contributed by atoms with E-state index in [0.717, 1.165) is 13.1 Å². The van der Waals surface area contributed by atoms with Gasteiger partial charge in [0.2, 0.25) is 0 Å². The van der Waals surface area contributed by atoms with Gasteiger partial charge >= 0.3 is 0 Å². The Morgan fingerprint density at radius 3 is 2.62 bits per heavy atom. The van der Waals surface area contributed by atoms with E-state index >= 15 is 0 Å². The fourth-order valence-corrected chi connectivity index (χ4v) is 0.269. The molecule has 0 aliphatic heterocycles. The number of aliphatic hydroxyl groups excluding tert-OH is 1. The standard InChI is InChI=1S/C5H11NO.Y/c1-2-6-4-3-5-7;/h3,6-7H,1-2,4-5H2;/q-2;. The van der Waals surface area contributed by atoms with Crippen molar-refractivity contribution >= 4 is 0 Å². The second kappa shape index (κ2) is 10.9. The second-order valence-corrected chi connectivity index (χ2v) is 1.18. The van der Waals surface area contributed by atoms with Crippen LogP contribution < -0.4 is 5.32 Å². The molecule has 0 amide bonds. The number of hydrogen-bond donors (Lipinski definition) is 2. The van der Waals surface area contributed by atoms with Crippen LogP contribution in [0.25, 0.3) is 0 Å². The maximum Gasteiger partial charge on any atom is 0 e. The van der Waals surface area contributed by atoms with Gasteiger partial charge in [0.05, 0.1) is 0 Å². The van der Waals surface area contributed by atoms with Gasteiger partial charge in [-0.2, -0.15) is 0 Å². The van der Waals surface area contributed by atoms with Crippen molar-refractivity contribution in [2.24, 2.45) is 0 Å². The van der Waals surface area contributed by atoms with Crippen molar-refractivity contribution in [3.05, 3.63) is 13.3 Å². The van der Waals surface area contributed by atoms with Crippen LogP contribution in [0.5, 0.6) is 0 Å². The number of rotatable bonds is 4. The molecule has 2 nitrogen and oxygen atoms in total. The molecule has 0 aliphatic rings.